The number of ketones is 2. The molecule has 1 unspecified atom stereocenters. The van der Waals surface area contributed by atoms with Crippen LogP contribution in [-0.4, -0.2) is 11.6 Å². The van der Waals surface area contributed by atoms with Crippen LogP contribution in [0.4, 0.5) is 0 Å². The van der Waals surface area contributed by atoms with Crippen LogP contribution in [0.1, 0.15) is 38.6 Å². The summed E-state index contributed by atoms with van der Waals surface area (Å²) in [6, 6.07) is 32.7. The van der Waals surface area contributed by atoms with Crippen molar-refractivity contribution in [2.24, 2.45) is 5.41 Å². The van der Waals surface area contributed by atoms with Gasteiger partial charge in [0.05, 0.1) is 0 Å². The summed E-state index contributed by atoms with van der Waals surface area (Å²) in [5.74, 6) is -0.274. The summed E-state index contributed by atoms with van der Waals surface area (Å²) >= 11 is 0. The van der Waals surface area contributed by atoms with Gasteiger partial charge < -0.3 is 0 Å². The maximum Gasteiger partial charge on any atom is 0.177 e. The Morgan fingerprint density at radius 2 is 1.14 bits per heavy atom. The Labute approximate surface area is 169 Å². The molecular weight excluding hydrogens is 356 g/mol. The third-order valence-corrected chi connectivity index (χ3v) is 6.04. The first-order valence-electron chi connectivity index (χ1n) is 9.89. The molecule has 4 aromatic rings. The third kappa shape index (κ3) is 2.80. The molecule has 1 aliphatic rings. The van der Waals surface area contributed by atoms with E-state index < -0.39 is 5.41 Å². The predicted octanol–water partition coefficient (Wildman–Crippen LogP) is 6.08. The Balaban J connectivity index is 1.65. The molecule has 5 rings (SSSR count). The Morgan fingerprint density at radius 1 is 0.621 bits per heavy atom. The summed E-state index contributed by atoms with van der Waals surface area (Å²) in [6.45, 7) is 0. The van der Waals surface area contributed by atoms with E-state index in [-0.39, 0.29) is 17.5 Å². The van der Waals surface area contributed by atoms with Crippen LogP contribution in [0.15, 0.2) is 103 Å². The number of hydrogen-bond acceptors (Lipinski definition) is 2. The highest BCUT2D eigenvalue weighted by Gasteiger charge is 2.65. The lowest BCUT2D eigenvalue weighted by Crippen LogP contribution is -2.28. The first-order chi connectivity index (χ1) is 14.2. The van der Waals surface area contributed by atoms with Crippen molar-refractivity contribution in [3.8, 4) is 0 Å². The van der Waals surface area contributed by atoms with E-state index in [1.807, 2.05) is 54.6 Å². The normalized spacial score (nSPS) is 17.0. The zero-order chi connectivity index (χ0) is 19.8. The van der Waals surface area contributed by atoms with Gasteiger partial charge in [0, 0.05) is 17.0 Å². The van der Waals surface area contributed by atoms with Gasteiger partial charge in [-0.3, -0.25) is 9.59 Å². The van der Waals surface area contributed by atoms with Crippen LogP contribution in [-0.2, 0) is 0 Å². The monoisotopic (exact) mass is 376 g/mol. The van der Waals surface area contributed by atoms with E-state index >= 15 is 0 Å². The maximum atomic E-state index is 13.6. The molecular formula is C27H20O2. The van der Waals surface area contributed by atoms with Crippen LogP contribution in [0.5, 0.6) is 0 Å². The summed E-state index contributed by atoms with van der Waals surface area (Å²) in [7, 11) is 0. The van der Waals surface area contributed by atoms with Crippen molar-refractivity contribution in [3.05, 3.63) is 120 Å². The van der Waals surface area contributed by atoms with Gasteiger partial charge in [0.1, 0.15) is 5.41 Å². The molecule has 0 heterocycles. The van der Waals surface area contributed by atoms with Crippen LogP contribution in [0.3, 0.4) is 0 Å². The summed E-state index contributed by atoms with van der Waals surface area (Å²) in [6.07, 6.45) is 0.544. The predicted molar refractivity (Wildman–Crippen MR) is 115 cm³/mol. The SMILES string of the molecule is O=C(c1ccccc1)C1(C(=O)c2ccccc2)CC1c1cccc2ccccc12. The minimum Gasteiger partial charge on any atom is -0.293 e. The van der Waals surface area contributed by atoms with Crippen molar-refractivity contribution in [1.82, 2.24) is 0 Å². The Bertz CT molecular complexity index is 1150. The van der Waals surface area contributed by atoms with Crippen molar-refractivity contribution in [1.29, 1.82) is 0 Å². The fourth-order valence-electron chi connectivity index (χ4n) is 4.49. The van der Waals surface area contributed by atoms with Crippen LogP contribution in [0.2, 0.25) is 0 Å². The minimum absolute atomic E-state index is 0.0788. The Morgan fingerprint density at radius 3 is 1.76 bits per heavy atom. The third-order valence-electron chi connectivity index (χ3n) is 6.04. The molecule has 1 atom stereocenters. The molecule has 1 saturated carbocycles. The fraction of sp³-hybridized carbons (Fsp3) is 0.111. The van der Waals surface area contributed by atoms with Gasteiger partial charge in [-0.1, -0.05) is 103 Å². The van der Waals surface area contributed by atoms with Gasteiger partial charge >= 0.3 is 0 Å². The second-order valence-corrected chi connectivity index (χ2v) is 7.69. The largest absolute Gasteiger partial charge is 0.293 e. The summed E-state index contributed by atoms with van der Waals surface area (Å²) in [4.78, 5) is 27.3. The van der Waals surface area contributed by atoms with E-state index in [2.05, 4.69) is 24.3 Å². The minimum atomic E-state index is -1.03. The Hall–Kier alpha value is -3.52. The maximum absolute atomic E-state index is 13.6. The molecule has 1 fully saturated rings. The number of rotatable bonds is 5. The van der Waals surface area contributed by atoms with Gasteiger partial charge in [0.25, 0.3) is 0 Å². The van der Waals surface area contributed by atoms with Crippen molar-refractivity contribution in [2.75, 3.05) is 0 Å². The molecule has 0 N–H and O–H groups in total. The number of Topliss-reactive ketones (excluding diaryl/α,β-unsaturated/α-hetero) is 2. The quantitative estimate of drug-likeness (QED) is 0.312. The van der Waals surface area contributed by atoms with Crippen molar-refractivity contribution < 1.29 is 9.59 Å². The van der Waals surface area contributed by atoms with Crippen LogP contribution in [0.25, 0.3) is 10.8 Å². The Kier molecular flexibility index (Phi) is 4.13. The molecule has 29 heavy (non-hydrogen) atoms. The molecule has 0 aromatic heterocycles. The fourth-order valence-corrected chi connectivity index (χ4v) is 4.49. The van der Waals surface area contributed by atoms with E-state index in [0.717, 1.165) is 16.3 Å². The lowest BCUT2D eigenvalue weighted by molar-refractivity contribution is 0.0777. The standard InChI is InChI=1S/C27H20O2/c28-25(20-11-3-1-4-12-20)27(26(29)21-13-5-2-6-14-21)18-24(27)23-17-9-15-19-10-7-8-16-22(19)23/h1-17,24H,18H2. The van der Waals surface area contributed by atoms with Crippen molar-refractivity contribution in [3.63, 3.8) is 0 Å². The summed E-state index contributed by atoms with van der Waals surface area (Å²) in [5.41, 5.74) is 1.24. The zero-order valence-electron chi connectivity index (χ0n) is 15.9. The highest BCUT2D eigenvalue weighted by molar-refractivity contribution is 6.23. The summed E-state index contributed by atoms with van der Waals surface area (Å²) in [5, 5.41) is 2.24. The zero-order valence-corrected chi connectivity index (χ0v) is 15.9. The lowest BCUT2D eigenvalue weighted by Gasteiger charge is -2.17. The van der Waals surface area contributed by atoms with Crippen LogP contribution < -0.4 is 0 Å². The number of carbonyl (C=O) groups is 2. The molecule has 0 spiro atoms. The van der Waals surface area contributed by atoms with E-state index in [4.69, 9.17) is 0 Å². The average molecular weight is 376 g/mol. The molecule has 1 aliphatic carbocycles. The molecule has 2 heteroatoms. The topological polar surface area (TPSA) is 34.1 Å². The molecule has 2 nitrogen and oxygen atoms in total. The van der Waals surface area contributed by atoms with E-state index in [9.17, 15) is 9.59 Å². The number of carbonyl (C=O) groups excluding carboxylic acids is 2. The smallest absolute Gasteiger partial charge is 0.177 e. The van der Waals surface area contributed by atoms with Crippen molar-refractivity contribution in [2.45, 2.75) is 12.3 Å². The van der Waals surface area contributed by atoms with E-state index in [0.29, 0.717) is 17.5 Å². The highest BCUT2D eigenvalue weighted by atomic mass is 16.2. The molecule has 0 saturated heterocycles. The molecule has 0 amide bonds. The number of fused-ring (bicyclic) bond motifs is 1. The second kappa shape index (κ2) is 6.82. The lowest BCUT2D eigenvalue weighted by atomic mass is 9.82. The van der Waals surface area contributed by atoms with Crippen LogP contribution in [0, 0.1) is 5.41 Å². The molecule has 140 valence electrons. The molecule has 0 aliphatic heterocycles. The van der Waals surface area contributed by atoms with E-state index in [1.165, 1.54) is 0 Å². The molecule has 4 aromatic carbocycles. The first kappa shape index (κ1) is 17.6. The summed E-state index contributed by atoms with van der Waals surface area (Å²) < 4.78 is 0. The van der Waals surface area contributed by atoms with Gasteiger partial charge in [-0.25, -0.2) is 0 Å². The van der Waals surface area contributed by atoms with Crippen LogP contribution >= 0.6 is 0 Å². The number of benzene rings is 4. The van der Waals surface area contributed by atoms with Gasteiger partial charge in [-0.2, -0.15) is 0 Å². The van der Waals surface area contributed by atoms with Gasteiger partial charge in [0.15, 0.2) is 11.6 Å². The highest BCUT2D eigenvalue weighted by Crippen LogP contribution is 2.63. The van der Waals surface area contributed by atoms with Gasteiger partial charge in [-0.15, -0.1) is 0 Å². The first-order valence-corrected chi connectivity index (χ1v) is 9.89. The van der Waals surface area contributed by atoms with Gasteiger partial charge in [0.2, 0.25) is 0 Å². The molecule has 0 radical (unpaired) electrons. The number of hydrogen-bond donors (Lipinski definition) is 0. The van der Waals surface area contributed by atoms with Gasteiger partial charge in [-0.05, 0) is 22.8 Å². The van der Waals surface area contributed by atoms with E-state index in [1.54, 1.807) is 24.3 Å². The van der Waals surface area contributed by atoms with Crippen molar-refractivity contribution >= 4 is 22.3 Å². The average Bonchev–Trinajstić information content (AvgIpc) is 3.55. The second-order valence-electron chi connectivity index (χ2n) is 7.69. The molecule has 0 bridgehead atoms.